The minimum absolute atomic E-state index is 0.0440. The van der Waals surface area contributed by atoms with Crippen LogP contribution in [-0.2, 0) is 0 Å². The van der Waals surface area contributed by atoms with Gasteiger partial charge in [0, 0.05) is 11.8 Å². The summed E-state index contributed by atoms with van der Waals surface area (Å²) in [7, 11) is 0. The average Bonchev–Trinajstić information content (AvgIpc) is 2.44. The van der Waals surface area contributed by atoms with Gasteiger partial charge in [0.2, 0.25) is 0 Å². The van der Waals surface area contributed by atoms with Crippen LogP contribution < -0.4 is 11.1 Å². The van der Waals surface area contributed by atoms with Gasteiger partial charge in [-0.1, -0.05) is 41.9 Å². The lowest BCUT2D eigenvalue weighted by molar-refractivity contribution is 0.629. The highest BCUT2D eigenvalue weighted by Gasteiger charge is 2.06. The lowest BCUT2D eigenvalue weighted by atomic mass is 10.1. The van der Waals surface area contributed by atoms with Gasteiger partial charge in [0.25, 0.3) is 0 Å². The normalized spacial score (nSPS) is 10.7. The number of benzene rings is 3. The van der Waals surface area contributed by atoms with Crippen molar-refractivity contribution in [1.82, 2.24) is 0 Å². The van der Waals surface area contributed by atoms with Crippen LogP contribution in [0, 0.1) is 5.82 Å². The van der Waals surface area contributed by atoms with Gasteiger partial charge >= 0.3 is 0 Å². The van der Waals surface area contributed by atoms with E-state index in [-0.39, 0.29) is 5.02 Å². The third kappa shape index (κ3) is 2.40. The smallest absolute Gasteiger partial charge is 0.143 e. The van der Waals surface area contributed by atoms with Crippen molar-refractivity contribution in [2.75, 3.05) is 11.1 Å². The van der Waals surface area contributed by atoms with Gasteiger partial charge in [-0.3, -0.25) is 0 Å². The summed E-state index contributed by atoms with van der Waals surface area (Å²) in [5, 5.41) is 5.47. The van der Waals surface area contributed by atoms with Crippen LogP contribution in [0.5, 0.6) is 0 Å². The molecule has 0 aliphatic heterocycles. The molecule has 0 fully saturated rings. The lowest BCUT2D eigenvalue weighted by Gasteiger charge is -2.11. The molecule has 0 radical (unpaired) electrons. The van der Waals surface area contributed by atoms with E-state index in [1.54, 1.807) is 0 Å². The predicted molar refractivity (Wildman–Crippen MR) is 83.1 cm³/mol. The molecule has 0 atom stereocenters. The van der Waals surface area contributed by atoms with E-state index in [0.717, 1.165) is 16.5 Å². The quantitative estimate of drug-likeness (QED) is 0.654. The molecule has 4 heteroatoms. The molecule has 0 aliphatic carbocycles. The van der Waals surface area contributed by atoms with E-state index in [1.165, 1.54) is 12.1 Å². The fraction of sp³-hybridized carbons (Fsp3) is 0. The Kier molecular flexibility index (Phi) is 3.20. The number of hydrogen-bond acceptors (Lipinski definition) is 2. The molecule has 20 heavy (non-hydrogen) atoms. The lowest BCUT2D eigenvalue weighted by Crippen LogP contribution is -1.97. The zero-order valence-electron chi connectivity index (χ0n) is 10.5. The first-order chi connectivity index (χ1) is 9.63. The Morgan fingerprint density at radius 1 is 0.950 bits per heavy atom. The van der Waals surface area contributed by atoms with Gasteiger partial charge in [0.05, 0.1) is 16.4 Å². The van der Waals surface area contributed by atoms with Crippen LogP contribution in [-0.4, -0.2) is 0 Å². The molecule has 3 aromatic carbocycles. The van der Waals surface area contributed by atoms with Crippen molar-refractivity contribution in [2.45, 2.75) is 0 Å². The van der Waals surface area contributed by atoms with Crippen LogP contribution in [0.25, 0.3) is 10.8 Å². The third-order valence-corrected chi connectivity index (χ3v) is 3.41. The summed E-state index contributed by atoms with van der Waals surface area (Å²) in [5.74, 6) is -0.520. The van der Waals surface area contributed by atoms with E-state index >= 15 is 0 Å². The highest BCUT2D eigenvalue weighted by molar-refractivity contribution is 6.31. The van der Waals surface area contributed by atoms with Crippen LogP contribution in [0.15, 0.2) is 54.6 Å². The summed E-state index contributed by atoms with van der Waals surface area (Å²) in [6.45, 7) is 0. The second-order valence-electron chi connectivity index (χ2n) is 4.54. The number of nitrogens with one attached hydrogen (secondary N) is 1. The minimum atomic E-state index is -0.520. The monoisotopic (exact) mass is 286 g/mol. The van der Waals surface area contributed by atoms with Gasteiger partial charge in [0.1, 0.15) is 5.82 Å². The molecule has 3 rings (SSSR count). The maximum Gasteiger partial charge on any atom is 0.143 e. The number of hydrogen-bond donors (Lipinski definition) is 2. The standard InChI is InChI=1S/C16H12ClFN2/c17-13-8-16(15(19)9-14(13)18)20-12-6-5-10-3-1-2-4-11(10)7-12/h1-9,20H,19H2. The van der Waals surface area contributed by atoms with Crippen LogP contribution >= 0.6 is 11.6 Å². The fourth-order valence-electron chi connectivity index (χ4n) is 2.09. The summed E-state index contributed by atoms with van der Waals surface area (Å²) in [5.41, 5.74) is 7.57. The van der Waals surface area contributed by atoms with E-state index < -0.39 is 5.82 Å². The summed E-state index contributed by atoms with van der Waals surface area (Å²) in [6, 6.07) is 16.7. The van der Waals surface area contributed by atoms with E-state index in [2.05, 4.69) is 5.32 Å². The number of rotatable bonds is 2. The molecular formula is C16H12ClFN2. The molecule has 0 spiro atoms. The van der Waals surface area contributed by atoms with Crippen LogP contribution in [0.1, 0.15) is 0 Å². The Morgan fingerprint density at radius 3 is 2.50 bits per heavy atom. The van der Waals surface area contributed by atoms with Crippen LogP contribution in [0.4, 0.5) is 21.5 Å². The molecule has 2 nitrogen and oxygen atoms in total. The largest absolute Gasteiger partial charge is 0.397 e. The molecule has 3 N–H and O–H groups in total. The second-order valence-corrected chi connectivity index (χ2v) is 4.95. The molecule has 0 aromatic heterocycles. The molecule has 0 saturated heterocycles. The summed E-state index contributed by atoms with van der Waals surface area (Å²) in [4.78, 5) is 0. The predicted octanol–water partition coefficient (Wildman–Crippen LogP) is 4.96. The maximum atomic E-state index is 13.3. The topological polar surface area (TPSA) is 38.0 Å². The number of nitrogen functional groups attached to an aromatic ring is 1. The van der Waals surface area contributed by atoms with Crippen LogP contribution in [0.2, 0.25) is 5.02 Å². The SMILES string of the molecule is Nc1cc(F)c(Cl)cc1Nc1ccc2ccccc2c1. The molecule has 0 bridgehead atoms. The zero-order chi connectivity index (χ0) is 14.1. The average molecular weight is 287 g/mol. The molecular weight excluding hydrogens is 275 g/mol. The highest BCUT2D eigenvalue weighted by Crippen LogP contribution is 2.30. The first-order valence-electron chi connectivity index (χ1n) is 6.14. The van der Waals surface area contributed by atoms with Crippen LogP contribution in [0.3, 0.4) is 0 Å². The number of anilines is 3. The highest BCUT2D eigenvalue weighted by atomic mass is 35.5. The molecule has 0 amide bonds. The Hall–Kier alpha value is -2.26. The van der Waals surface area contributed by atoms with Gasteiger partial charge in [-0.25, -0.2) is 4.39 Å². The summed E-state index contributed by atoms with van der Waals surface area (Å²) in [6.07, 6.45) is 0. The minimum Gasteiger partial charge on any atom is -0.397 e. The Morgan fingerprint density at radius 2 is 1.70 bits per heavy atom. The summed E-state index contributed by atoms with van der Waals surface area (Å²) >= 11 is 5.78. The molecule has 0 aliphatic rings. The van der Waals surface area contributed by atoms with Crippen molar-refractivity contribution in [1.29, 1.82) is 0 Å². The number of halogens is 2. The van der Waals surface area contributed by atoms with Crippen molar-refractivity contribution >= 4 is 39.4 Å². The Labute approximate surface area is 121 Å². The van der Waals surface area contributed by atoms with Crippen molar-refractivity contribution in [3.63, 3.8) is 0 Å². The molecule has 0 heterocycles. The van der Waals surface area contributed by atoms with Crippen molar-refractivity contribution < 1.29 is 4.39 Å². The summed E-state index contributed by atoms with van der Waals surface area (Å²) < 4.78 is 13.3. The van der Waals surface area contributed by atoms with Gasteiger partial charge < -0.3 is 11.1 Å². The second kappa shape index (κ2) is 5.02. The first kappa shape index (κ1) is 12.8. The maximum absolute atomic E-state index is 13.3. The first-order valence-corrected chi connectivity index (χ1v) is 6.51. The zero-order valence-corrected chi connectivity index (χ0v) is 11.3. The molecule has 100 valence electrons. The molecule has 3 aromatic rings. The van der Waals surface area contributed by atoms with Crippen molar-refractivity contribution in [2.24, 2.45) is 0 Å². The van der Waals surface area contributed by atoms with E-state index in [1.807, 2.05) is 42.5 Å². The number of fused-ring (bicyclic) bond motifs is 1. The number of nitrogens with two attached hydrogens (primary N) is 1. The van der Waals surface area contributed by atoms with Gasteiger partial charge in [0.15, 0.2) is 0 Å². The van der Waals surface area contributed by atoms with Gasteiger partial charge in [-0.2, -0.15) is 0 Å². The van der Waals surface area contributed by atoms with Crippen molar-refractivity contribution in [3.8, 4) is 0 Å². The Bertz CT molecular complexity index is 787. The van der Waals surface area contributed by atoms with Gasteiger partial charge in [-0.15, -0.1) is 0 Å². The van der Waals surface area contributed by atoms with Gasteiger partial charge in [-0.05, 0) is 29.0 Å². The fourth-order valence-corrected chi connectivity index (χ4v) is 2.26. The van der Waals surface area contributed by atoms with E-state index in [0.29, 0.717) is 11.4 Å². The molecule has 0 saturated carbocycles. The van der Waals surface area contributed by atoms with E-state index in [9.17, 15) is 4.39 Å². The third-order valence-electron chi connectivity index (χ3n) is 3.12. The van der Waals surface area contributed by atoms with Crippen molar-refractivity contribution in [3.05, 3.63) is 65.4 Å². The Balaban J connectivity index is 1.99. The molecule has 0 unspecified atom stereocenters. The van der Waals surface area contributed by atoms with E-state index in [4.69, 9.17) is 17.3 Å².